The molecular weight excluding hydrogens is 306 g/mol. The molecule has 0 spiro atoms. The van der Waals surface area contributed by atoms with E-state index in [1.807, 2.05) is 0 Å². The quantitative estimate of drug-likeness (QED) is 0.764. The summed E-state index contributed by atoms with van der Waals surface area (Å²) in [5.74, 6) is -0.785. The molecule has 8 heteroatoms. The summed E-state index contributed by atoms with van der Waals surface area (Å²) < 4.78 is 22.1. The van der Waals surface area contributed by atoms with Crippen LogP contribution in [0.15, 0.2) is 30.3 Å². The van der Waals surface area contributed by atoms with Crippen molar-refractivity contribution in [1.29, 1.82) is 0 Å². The van der Waals surface area contributed by atoms with Crippen LogP contribution in [-0.2, 0) is 14.8 Å². The van der Waals surface area contributed by atoms with E-state index in [0.29, 0.717) is 25.1 Å². The third-order valence-corrected chi connectivity index (χ3v) is 4.48. The summed E-state index contributed by atoms with van der Waals surface area (Å²) in [6.07, 6.45) is 0.606. The molecule has 0 aliphatic carbocycles. The first-order chi connectivity index (χ1) is 10.3. The molecule has 1 atom stereocenters. The Morgan fingerprint density at radius 2 is 1.95 bits per heavy atom. The lowest BCUT2D eigenvalue weighted by molar-refractivity contribution is -0.129. The number of rotatable bonds is 5. The number of likely N-dealkylation sites (tertiary alicyclic amines) is 1. The largest absolute Gasteiger partial charge is 0.343 e. The normalized spacial score (nSPS) is 18.2. The van der Waals surface area contributed by atoms with Crippen molar-refractivity contribution in [3.63, 3.8) is 0 Å². The van der Waals surface area contributed by atoms with Gasteiger partial charge in [-0.25, -0.2) is 13.6 Å². The Hall–Kier alpha value is -1.93. The van der Waals surface area contributed by atoms with Gasteiger partial charge in [-0.05, 0) is 24.5 Å². The zero-order valence-corrected chi connectivity index (χ0v) is 12.9. The number of benzene rings is 1. The molecule has 2 rings (SSSR count). The van der Waals surface area contributed by atoms with Crippen LogP contribution < -0.4 is 10.5 Å². The van der Waals surface area contributed by atoms with Gasteiger partial charge in [-0.3, -0.25) is 9.59 Å². The fourth-order valence-electron chi connectivity index (χ4n) is 2.48. The predicted molar refractivity (Wildman–Crippen MR) is 81.4 cm³/mol. The maximum atomic E-state index is 12.0. The fourth-order valence-corrected chi connectivity index (χ4v) is 3.41. The highest BCUT2D eigenvalue weighted by molar-refractivity contribution is 7.89. The van der Waals surface area contributed by atoms with Crippen LogP contribution in [0.2, 0.25) is 0 Å². The lowest BCUT2D eigenvalue weighted by Crippen LogP contribution is -2.39. The van der Waals surface area contributed by atoms with Crippen LogP contribution in [0.4, 0.5) is 0 Å². The Morgan fingerprint density at radius 3 is 2.59 bits per heavy atom. The number of sulfonamides is 1. The van der Waals surface area contributed by atoms with Gasteiger partial charge < -0.3 is 10.2 Å². The van der Waals surface area contributed by atoms with Crippen molar-refractivity contribution >= 4 is 21.8 Å². The summed E-state index contributed by atoms with van der Waals surface area (Å²) in [4.78, 5) is 25.4. The number of primary sulfonamides is 1. The molecule has 7 nitrogen and oxygen atoms in total. The van der Waals surface area contributed by atoms with Gasteiger partial charge in [0.2, 0.25) is 15.9 Å². The van der Waals surface area contributed by atoms with Crippen molar-refractivity contribution in [2.45, 2.75) is 6.42 Å². The van der Waals surface area contributed by atoms with Crippen LogP contribution in [0.25, 0.3) is 0 Å². The molecule has 1 aromatic rings. The number of nitrogens with zero attached hydrogens (tertiary/aromatic N) is 1. The Balaban J connectivity index is 1.80. The van der Waals surface area contributed by atoms with E-state index >= 15 is 0 Å². The van der Waals surface area contributed by atoms with Gasteiger partial charge in [-0.2, -0.15) is 0 Å². The maximum absolute atomic E-state index is 12.0. The van der Waals surface area contributed by atoms with Gasteiger partial charge in [-0.15, -0.1) is 0 Å². The predicted octanol–water partition coefficient (Wildman–Crippen LogP) is -0.447. The third kappa shape index (κ3) is 4.81. The smallest absolute Gasteiger partial charge is 0.251 e. The van der Waals surface area contributed by atoms with E-state index in [1.165, 1.54) is 0 Å². The summed E-state index contributed by atoms with van der Waals surface area (Å²) in [7, 11) is -3.53. The van der Waals surface area contributed by atoms with Crippen LogP contribution in [0.3, 0.4) is 0 Å². The standard InChI is InChI=1S/C14H19N3O4S/c15-22(20,21)10-11-6-7-17(9-11)13(18)8-16-14(19)12-4-2-1-3-5-12/h1-5,11H,6-10H2,(H,16,19)(H2,15,20,21)/t11-/m0/s1. The van der Waals surface area contributed by atoms with Gasteiger partial charge in [-0.1, -0.05) is 18.2 Å². The molecule has 2 amide bonds. The van der Waals surface area contributed by atoms with Gasteiger partial charge in [0.15, 0.2) is 0 Å². The summed E-state index contributed by atoms with van der Waals surface area (Å²) in [5.41, 5.74) is 0.490. The number of nitrogens with one attached hydrogen (secondary N) is 1. The number of carbonyl (C=O) groups excluding carboxylic acids is 2. The molecule has 1 fully saturated rings. The molecular formula is C14H19N3O4S. The Bertz CT molecular complexity index is 645. The second-order valence-electron chi connectivity index (χ2n) is 5.37. The fraction of sp³-hybridized carbons (Fsp3) is 0.429. The highest BCUT2D eigenvalue weighted by atomic mass is 32.2. The molecule has 0 unspecified atom stereocenters. The highest BCUT2D eigenvalue weighted by Crippen LogP contribution is 2.17. The first-order valence-corrected chi connectivity index (χ1v) is 8.68. The Morgan fingerprint density at radius 1 is 1.27 bits per heavy atom. The van der Waals surface area contributed by atoms with Crippen LogP contribution in [0.5, 0.6) is 0 Å². The van der Waals surface area contributed by atoms with Gasteiger partial charge in [0.1, 0.15) is 0 Å². The van der Waals surface area contributed by atoms with Crippen molar-refractivity contribution in [3.8, 4) is 0 Å². The molecule has 1 aromatic carbocycles. The van der Waals surface area contributed by atoms with Crippen LogP contribution in [-0.4, -0.2) is 50.5 Å². The number of hydrogen-bond acceptors (Lipinski definition) is 4. The van der Waals surface area contributed by atoms with E-state index in [9.17, 15) is 18.0 Å². The zero-order valence-electron chi connectivity index (χ0n) is 12.1. The summed E-state index contributed by atoms with van der Waals surface area (Å²) in [6, 6.07) is 8.62. The highest BCUT2D eigenvalue weighted by Gasteiger charge is 2.28. The van der Waals surface area contributed by atoms with Crippen molar-refractivity contribution in [3.05, 3.63) is 35.9 Å². The summed E-state index contributed by atoms with van der Waals surface area (Å²) in [5, 5.41) is 7.58. The molecule has 1 heterocycles. The minimum Gasteiger partial charge on any atom is -0.343 e. The Kier molecular flexibility index (Phi) is 5.15. The van der Waals surface area contributed by atoms with E-state index in [2.05, 4.69) is 5.32 Å². The number of hydrogen-bond donors (Lipinski definition) is 2. The number of nitrogens with two attached hydrogens (primary N) is 1. The topological polar surface area (TPSA) is 110 Å². The molecule has 0 radical (unpaired) electrons. The van der Waals surface area contributed by atoms with E-state index in [0.717, 1.165) is 0 Å². The van der Waals surface area contributed by atoms with Gasteiger partial charge in [0.05, 0.1) is 12.3 Å². The van der Waals surface area contributed by atoms with E-state index in [1.54, 1.807) is 35.2 Å². The van der Waals surface area contributed by atoms with Crippen molar-refractivity contribution in [2.24, 2.45) is 11.1 Å². The summed E-state index contributed by atoms with van der Waals surface area (Å²) in [6.45, 7) is 0.743. The average Bonchev–Trinajstić information content (AvgIpc) is 2.91. The molecule has 22 heavy (non-hydrogen) atoms. The molecule has 1 aliphatic rings. The second-order valence-corrected chi connectivity index (χ2v) is 7.03. The minimum absolute atomic E-state index is 0.101. The first-order valence-electron chi connectivity index (χ1n) is 6.96. The van der Waals surface area contributed by atoms with Gasteiger partial charge in [0, 0.05) is 18.7 Å². The second kappa shape index (κ2) is 6.89. The van der Waals surface area contributed by atoms with Crippen molar-refractivity contribution in [1.82, 2.24) is 10.2 Å². The SMILES string of the molecule is NS(=O)(=O)C[C@H]1CCN(C(=O)CNC(=O)c2ccccc2)C1. The van der Waals surface area contributed by atoms with Gasteiger partial charge >= 0.3 is 0 Å². The van der Waals surface area contributed by atoms with Crippen molar-refractivity contribution in [2.75, 3.05) is 25.4 Å². The molecule has 0 aromatic heterocycles. The summed E-state index contributed by atoms with van der Waals surface area (Å²) >= 11 is 0. The van der Waals surface area contributed by atoms with Crippen LogP contribution in [0, 0.1) is 5.92 Å². The molecule has 120 valence electrons. The molecule has 1 aliphatic heterocycles. The van der Waals surface area contributed by atoms with E-state index < -0.39 is 10.0 Å². The molecule has 3 N–H and O–H groups in total. The number of carbonyl (C=O) groups is 2. The van der Waals surface area contributed by atoms with E-state index in [-0.39, 0.29) is 30.0 Å². The third-order valence-electron chi connectivity index (χ3n) is 3.54. The van der Waals surface area contributed by atoms with Crippen molar-refractivity contribution < 1.29 is 18.0 Å². The maximum Gasteiger partial charge on any atom is 0.251 e. The molecule has 0 bridgehead atoms. The first kappa shape index (κ1) is 16.4. The zero-order chi connectivity index (χ0) is 16.2. The number of amides is 2. The lowest BCUT2D eigenvalue weighted by Gasteiger charge is -2.16. The average molecular weight is 325 g/mol. The Labute approximate surface area is 129 Å². The minimum atomic E-state index is -3.53. The molecule has 1 saturated heterocycles. The van der Waals surface area contributed by atoms with Crippen LogP contribution in [0.1, 0.15) is 16.8 Å². The van der Waals surface area contributed by atoms with Gasteiger partial charge in [0.25, 0.3) is 5.91 Å². The van der Waals surface area contributed by atoms with Crippen LogP contribution >= 0.6 is 0 Å². The lowest BCUT2D eigenvalue weighted by atomic mass is 10.2. The van der Waals surface area contributed by atoms with E-state index in [4.69, 9.17) is 5.14 Å². The monoisotopic (exact) mass is 325 g/mol. The molecule has 0 saturated carbocycles.